The van der Waals surface area contributed by atoms with E-state index in [1.165, 1.54) is 5.56 Å². The maximum atomic E-state index is 13.1. The van der Waals surface area contributed by atoms with Crippen LogP contribution in [-0.4, -0.2) is 91.1 Å². The van der Waals surface area contributed by atoms with Crippen molar-refractivity contribution in [1.29, 1.82) is 0 Å². The van der Waals surface area contributed by atoms with E-state index in [0.717, 1.165) is 50.4 Å². The molecule has 0 aromatic heterocycles. The monoisotopic (exact) mass is 458 g/mol. The number of likely N-dealkylation sites (tertiary alicyclic amines) is 1. The first-order chi connectivity index (χ1) is 15.8. The number of rotatable bonds is 5. The van der Waals surface area contributed by atoms with E-state index in [1.54, 1.807) is 0 Å². The molecule has 1 aromatic carbocycles. The normalized spacial score (nSPS) is 22.2. The van der Waals surface area contributed by atoms with E-state index in [0.29, 0.717) is 39.4 Å². The van der Waals surface area contributed by atoms with Gasteiger partial charge in [-0.25, -0.2) is 0 Å². The Morgan fingerprint density at radius 2 is 1.70 bits per heavy atom. The molecule has 8 heteroatoms. The van der Waals surface area contributed by atoms with Gasteiger partial charge in [-0.3, -0.25) is 19.4 Å². The molecule has 182 valence electrons. The molecule has 1 unspecified atom stereocenters. The minimum atomic E-state index is -0.225. The molecule has 8 nitrogen and oxygen atoms in total. The fourth-order valence-electron chi connectivity index (χ4n) is 4.87. The molecule has 4 rings (SSSR count). The molecule has 0 bridgehead atoms. The number of nitrogens with one attached hydrogen (secondary N) is 1. The van der Waals surface area contributed by atoms with E-state index >= 15 is 0 Å². The van der Waals surface area contributed by atoms with Crippen LogP contribution in [0.1, 0.15) is 51.6 Å². The van der Waals surface area contributed by atoms with Crippen LogP contribution in [0.4, 0.5) is 0 Å². The summed E-state index contributed by atoms with van der Waals surface area (Å²) in [6.07, 6.45) is 3.02. The Morgan fingerprint density at radius 1 is 0.970 bits per heavy atom. The number of fused-ring (bicyclic) bond motifs is 1. The zero-order chi connectivity index (χ0) is 23.4. The van der Waals surface area contributed by atoms with Crippen LogP contribution in [0.5, 0.6) is 11.5 Å². The molecule has 0 saturated carbocycles. The first kappa shape index (κ1) is 23.8. The lowest BCUT2D eigenvalue weighted by Gasteiger charge is -2.36. The number of carbonyl (C=O) groups is 2. The number of hydrogen-bond acceptors (Lipinski definition) is 6. The zero-order valence-corrected chi connectivity index (χ0v) is 20.3. The topological polar surface area (TPSA) is 74.4 Å². The van der Waals surface area contributed by atoms with Gasteiger partial charge in [0.15, 0.2) is 11.5 Å². The molecule has 0 aliphatic carbocycles. The SMILES string of the molecule is CC(C)(C)NC(=O)CN1CCN(C(=O)CN2CCCC2c2ccc3c(c2)OCCCO3)CC1. The number of hydrogen-bond donors (Lipinski definition) is 1. The number of carbonyl (C=O) groups excluding carboxylic acids is 2. The van der Waals surface area contributed by atoms with Crippen LogP contribution in [0, 0.1) is 0 Å². The third kappa shape index (κ3) is 6.38. The number of ether oxygens (including phenoxy) is 2. The minimum Gasteiger partial charge on any atom is -0.490 e. The summed E-state index contributed by atoms with van der Waals surface area (Å²) in [6.45, 7) is 11.9. The van der Waals surface area contributed by atoms with Crippen LogP contribution in [-0.2, 0) is 9.59 Å². The lowest BCUT2D eigenvalue weighted by molar-refractivity contribution is -0.134. The Kier molecular flexibility index (Phi) is 7.44. The van der Waals surface area contributed by atoms with Crippen LogP contribution in [0.3, 0.4) is 0 Å². The van der Waals surface area contributed by atoms with Crippen molar-refractivity contribution in [2.45, 2.75) is 51.6 Å². The van der Waals surface area contributed by atoms with Gasteiger partial charge in [-0.1, -0.05) is 6.07 Å². The molecular formula is C25H38N4O4. The summed E-state index contributed by atoms with van der Waals surface area (Å²) < 4.78 is 11.6. The van der Waals surface area contributed by atoms with Crippen molar-refractivity contribution in [3.05, 3.63) is 23.8 Å². The summed E-state index contributed by atoms with van der Waals surface area (Å²) in [5, 5.41) is 3.01. The number of benzene rings is 1. The first-order valence-electron chi connectivity index (χ1n) is 12.2. The van der Waals surface area contributed by atoms with Gasteiger partial charge in [-0.2, -0.15) is 0 Å². The molecule has 2 fully saturated rings. The predicted octanol–water partition coefficient (Wildman–Crippen LogP) is 2.04. The second kappa shape index (κ2) is 10.3. The van der Waals surface area contributed by atoms with Crippen LogP contribution < -0.4 is 14.8 Å². The maximum absolute atomic E-state index is 13.1. The fraction of sp³-hybridized carbons (Fsp3) is 0.680. The second-order valence-corrected chi connectivity index (χ2v) is 10.3. The van der Waals surface area contributed by atoms with Crippen LogP contribution in [0.2, 0.25) is 0 Å². The molecule has 2 saturated heterocycles. The van der Waals surface area contributed by atoms with E-state index in [4.69, 9.17) is 9.47 Å². The molecule has 1 atom stereocenters. The first-order valence-corrected chi connectivity index (χ1v) is 12.2. The Labute approximate surface area is 197 Å². The van der Waals surface area contributed by atoms with Gasteiger partial charge in [0.25, 0.3) is 0 Å². The van der Waals surface area contributed by atoms with Gasteiger partial charge in [-0.15, -0.1) is 0 Å². The summed E-state index contributed by atoms with van der Waals surface area (Å²) in [5.74, 6) is 1.84. The highest BCUT2D eigenvalue weighted by atomic mass is 16.5. The summed E-state index contributed by atoms with van der Waals surface area (Å²) >= 11 is 0. The van der Waals surface area contributed by atoms with E-state index in [-0.39, 0.29) is 23.4 Å². The molecule has 3 heterocycles. The lowest BCUT2D eigenvalue weighted by atomic mass is 10.0. The number of piperazine rings is 1. The largest absolute Gasteiger partial charge is 0.490 e. The molecule has 3 aliphatic heterocycles. The van der Waals surface area contributed by atoms with E-state index in [2.05, 4.69) is 27.2 Å². The molecule has 33 heavy (non-hydrogen) atoms. The highest BCUT2D eigenvalue weighted by molar-refractivity contribution is 5.79. The summed E-state index contributed by atoms with van der Waals surface area (Å²) in [5.41, 5.74) is 0.969. The highest BCUT2D eigenvalue weighted by Crippen LogP contribution is 2.37. The third-order valence-electron chi connectivity index (χ3n) is 6.46. The van der Waals surface area contributed by atoms with Crippen LogP contribution in [0.25, 0.3) is 0 Å². The molecule has 1 N–H and O–H groups in total. The Balaban J connectivity index is 1.29. The molecule has 2 amide bonds. The Hall–Kier alpha value is -2.32. The van der Waals surface area contributed by atoms with Crippen molar-refractivity contribution in [2.75, 3.05) is 59.0 Å². The van der Waals surface area contributed by atoms with Crippen molar-refractivity contribution >= 4 is 11.8 Å². The minimum absolute atomic E-state index is 0.0392. The molecule has 1 aromatic rings. The van der Waals surface area contributed by atoms with Crippen molar-refractivity contribution in [1.82, 2.24) is 20.0 Å². The smallest absolute Gasteiger partial charge is 0.236 e. The molecule has 0 spiro atoms. The zero-order valence-electron chi connectivity index (χ0n) is 20.3. The van der Waals surface area contributed by atoms with Crippen LogP contribution in [0.15, 0.2) is 18.2 Å². The average molecular weight is 459 g/mol. The Bertz CT molecular complexity index is 845. The average Bonchev–Trinajstić information content (AvgIpc) is 3.08. The van der Waals surface area contributed by atoms with Crippen LogP contribution >= 0.6 is 0 Å². The van der Waals surface area contributed by atoms with Gasteiger partial charge in [0.05, 0.1) is 26.3 Å². The van der Waals surface area contributed by atoms with E-state index in [9.17, 15) is 9.59 Å². The molecule has 0 radical (unpaired) electrons. The van der Waals surface area contributed by atoms with Crippen molar-refractivity contribution < 1.29 is 19.1 Å². The van der Waals surface area contributed by atoms with Gasteiger partial charge in [-0.05, 0) is 57.9 Å². The Morgan fingerprint density at radius 3 is 2.42 bits per heavy atom. The van der Waals surface area contributed by atoms with Crippen molar-refractivity contribution in [3.63, 3.8) is 0 Å². The van der Waals surface area contributed by atoms with Gasteiger partial charge in [0, 0.05) is 44.2 Å². The second-order valence-electron chi connectivity index (χ2n) is 10.3. The lowest BCUT2D eigenvalue weighted by Crippen LogP contribution is -2.54. The number of nitrogens with zero attached hydrogens (tertiary/aromatic N) is 3. The van der Waals surface area contributed by atoms with Gasteiger partial charge in [0.2, 0.25) is 11.8 Å². The quantitative estimate of drug-likeness (QED) is 0.728. The number of amides is 2. The predicted molar refractivity (Wildman–Crippen MR) is 127 cm³/mol. The summed E-state index contributed by atoms with van der Waals surface area (Å²) in [7, 11) is 0. The van der Waals surface area contributed by atoms with E-state index in [1.807, 2.05) is 31.7 Å². The standard InChI is InChI=1S/C25H38N4O4/c1-25(2,3)26-23(30)17-27-10-12-28(13-11-27)24(31)18-29-9-4-6-20(29)19-7-8-21-22(16-19)33-15-5-14-32-21/h7-8,16,20H,4-6,9-15,17-18H2,1-3H3,(H,26,30). The highest BCUT2D eigenvalue weighted by Gasteiger charge is 2.31. The summed E-state index contributed by atoms with van der Waals surface area (Å²) in [4.78, 5) is 31.6. The van der Waals surface area contributed by atoms with Gasteiger partial charge < -0.3 is 19.7 Å². The molecular weight excluding hydrogens is 420 g/mol. The van der Waals surface area contributed by atoms with E-state index < -0.39 is 0 Å². The third-order valence-corrected chi connectivity index (χ3v) is 6.46. The van der Waals surface area contributed by atoms with Crippen molar-refractivity contribution in [2.24, 2.45) is 0 Å². The summed E-state index contributed by atoms with van der Waals surface area (Å²) in [6, 6.07) is 6.44. The maximum Gasteiger partial charge on any atom is 0.236 e. The van der Waals surface area contributed by atoms with Crippen molar-refractivity contribution in [3.8, 4) is 11.5 Å². The van der Waals surface area contributed by atoms with Gasteiger partial charge in [0.1, 0.15) is 0 Å². The fourth-order valence-corrected chi connectivity index (χ4v) is 4.87. The van der Waals surface area contributed by atoms with Gasteiger partial charge >= 0.3 is 0 Å². The molecule has 3 aliphatic rings.